The predicted octanol–water partition coefficient (Wildman–Crippen LogP) is 3.89. The lowest BCUT2D eigenvalue weighted by Crippen LogP contribution is -2.28. The highest BCUT2D eigenvalue weighted by Crippen LogP contribution is 2.24. The SMILES string of the molecule is CC(OC(=O)CCC(C)(C#N)/N=N\C(C)(C#N)CCC(=O)O)OC1CCCCC1. The number of carbonyl (C=O) groups is 2. The first kappa shape index (κ1) is 24.5. The second kappa shape index (κ2) is 11.5. The van der Waals surface area contributed by atoms with Crippen molar-refractivity contribution in [2.45, 2.75) is 102 Å². The van der Waals surface area contributed by atoms with Gasteiger partial charge in [-0.05, 0) is 46.5 Å². The highest BCUT2D eigenvalue weighted by Gasteiger charge is 2.30. The number of carboxylic acids is 1. The van der Waals surface area contributed by atoms with Crippen molar-refractivity contribution >= 4 is 11.9 Å². The lowest BCUT2D eigenvalue weighted by atomic mass is 9.97. The van der Waals surface area contributed by atoms with Gasteiger partial charge in [-0.2, -0.15) is 20.8 Å². The molecule has 3 atom stereocenters. The van der Waals surface area contributed by atoms with Crippen LogP contribution >= 0.6 is 0 Å². The number of carbonyl (C=O) groups excluding carboxylic acids is 1. The zero-order valence-corrected chi connectivity index (χ0v) is 17.4. The van der Waals surface area contributed by atoms with Crippen molar-refractivity contribution in [3.63, 3.8) is 0 Å². The zero-order chi connectivity index (χ0) is 21.9. The van der Waals surface area contributed by atoms with Gasteiger partial charge in [0.15, 0.2) is 17.4 Å². The van der Waals surface area contributed by atoms with E-state index in [9.17, 15) is 20.1 Å². The Morgan fingerprint density at radius 2 is 1.59 bits per heavy atom. The Morgan fingerprint density at radius 3 is 2.07 bits per heavy atom. The standard InChI is InChI=1S/C20H30N4O5/c1-15(28-16-7-5-4-6-8-16)29-18(27)10-12-20(3,14-22)24-23-19(2,13-21)11-9-17(25)26/h15-16H,4-12H2,1-3H3,(H,25,26)/b24-23-. The number of carboxylic acid groups (broad SMARTS) is 1. The Morgan fingerprint density at radius 1 is 1.07 bits per heavy atom. The maximum Gasteiger partial charge on any atom is 0.308 e. The third-order valence-corrected chi connectivity index (χ3v) is 4.85. The molecule has 9 nitrogen and oxygen atoms in total. The third kappa shape index (κ3) is 9.49. The molecule has 3 unspecified atom stereocenters. The van der Waals surface area contributed by atoms with Gasteiger partial charge in [-0.3, -0.25) is 9.59 Å². The number of esters is 1. The van der Waals surface area contributed by atoms with Crippen LogP contribution in [0, 0.1) is 22.7 Å². The van der Waals surface area contributed by atoms with E-state index in [0.717, 1.165) is 25.7 Å². The van der Waals surface area contributed by atoms with Crippen LogP contribution in [0.15, 0.2) is 10.2 Å². The van der Waals surface area contributed by atoms with Crippen molar-refractivity contribution in [3.05, 3.63) is 0 Å². The summed E-state index contributed by atoms with van der Waals surface area (Å²) >= 11 is 0. The Balaban J connectivity index is 2.55. The fraction of sp³-hybridized carbons (Fsp3) is 0.800. The molecule has 0 aromatic rings. The van der Waals surface area contributed by atoms with Crippen molar-refractivity contribution in [1.82, 2.24) is 0 Å². The summed E-state index contributed by atoms with van der Waals surface area (Å²) in [6.07, 6.45) is 4.56. The number of hydrogen-bond donors (Lipinski definition) is 1. The summed E-state index contributed by atoms with van der Waals surface area (Å²) < 4.78 is 11.0. The lowest BCUT2D eigenvalue weighted by Gasteiger charge is -2.25. The van der Waals surface area contributed by atoms with E-state index in [1.165, 1.54) is 20.3 Å². The van der Waals surface area contributed by atoms with Gasteiger partial charge in [-0.25, -0.2) is 0 Å². The molecule has 0 aliphatic heterocycles. The van der Waals surface area contributed by atoms with Gasteiger partial charge in [0.05, 0.1) is 18.2 Å². The van der Waals surface area contributed by atoms with Crippen molar-refractivity contribution in [2.75, 3.05) is 0 Å². The van der Waals surface area contributed by atoms with Crippen LogP contribution in [0.2, 0.25) is 0 Å². The average molecular weight is 406 g/mol. The fourth-order valence-electron chi connectivity index (χ4n) is 2.92. The molecule has 1 aliphatic rings. The zero-order valence-electron chi connectivity index (χ0n) is 17.4. The Labute approximate surface area is 171 Å². The molecule has 160 valence electrons. The summed E-state index contributed by atoms with van der Waals surface area (Å²) in [5.41, 5.74) is -2.67. The van der Waals surface area contributed by atoms with Gasteiger partial charge in [0.1, 0.15) is 0 Å². The van der Waals surface area contributed by atoms with E-state index >= 15 is 0 Å². The predicted molar refractivity (Wildman–Crippen MR) is 103 cm³/mol. The minimum absolute atomic E-state index is 0.0259. The number of ether oxygens (including phenoxy) is 2. The molecule has 0 spiro atoms. The molecule has 0 amide bonds. The number of hydrogen-bond acceptors (Lipinski definition) is 8. The van der Waals surface area contributed by atoms with Gasteiger partial charge in [-0.15, -0.1) is 0 Å². The minimum Gasteiger partial charge on any atom is -0.481 e. The summed E-state index contributed by atoms with van der Waals surface area (Å²) in [4.78, 5) is 22.8. The largest absolute Gasteiger partial charge is 0.481 e. The van der Waals surface area contributed by atoms with Crippen molar-refractivity contribution in [3.8, 4) is 12.1 Å². The number of azo groups is 1. The van der Waals surface area contributed by atoms with Crippen molar-refractivity contribution in [2.24, 2.45) is 10.2 Å². The molecule has 0 aromatic carbocycles. The molecule has 1 aliphatic carbocycles. The molecule has 9 heteroatoms. The quantitative estimate of drug-likeness (QED) is 0.311. The molecule has 1 N–H and O–H groups in total. The minimum atomic E-state index is -1.35. The van der Waals surface area contributed by atoms with E-state index in [1.54, 1.807) is 6.92 Å². The van der Waals surface area contributed by atoms with E-state index in [0.29, 0.717) is 0 Å². The van der Waals surface area contributed by atoms with Crippen molar-refractivity contribution in [1.29, 1.82) is 10.5 Å². The maximum absolute atomic E-state index is 12.1. The molecular formula is C20H30N4O5. The molecule has 0 heterocycles. The third-order valence-electron chi connectivity index (χ3n) is 4.85. The molecule has 29 heavy (non-hydrogen) atoms. The summed E-state index contributed by atoms with van der Waals surface area (Å²) in [5.74, 6) is -1.55. The lowest BCUT2D eigenvalue weighted by molar-refractivity contribution is -0.187. The molecule has 0 bridgehead atoms. The monoisotopic (exact) mass is 406 g/mol. The summed E-state index contributed by atoms with van der Waals surface area (Å²) in [5, 5.41) is 35.3. The van der Waals surface area contributed by atoms with E-state index in [1.807, 2.05) is 12.1 Å². The fourth-order valence-corrected chi connectivity index (χ4v) is 2.92. The van der Waals surface area contributed by atoms with Crippen molar-refractivity contribution < 1.29 is 24.2 Å². The van der Waals surface area contributed by atoms with Crippen LogP contribution < -0.4 is 0 Å². The molecule has 0 aromatic heterocycles. The van der Waals surface area contributed by atoms with Crippen LogP contribution in [-0.2, 0) is 19.1 Å². The number of nitriles is 2. The Bertz CT molecular complexity index is 677. The molecular weight excluding hydrogens is 376 g/mol. The molecule has 1 saturated carbocycles. The van der Waals surface area contributed by atoms with E-state index in [2.05, 4.69) is 10.2 Å². The summed E-state index contributed by atoms with van der Waals surface area (Å²) in [6, 6.07) is 3.91. The summed E-state index contributed by atoms with van der Waals surface area (Å²) in [6.45, 7) is 4.63. The molecule has 0 radical (unpaired) electrons. The first-order chi connectivity index (χ1) is 13.6. The van der Waals surface area contributed by atoms with Gasteiger partial charge in [-0.1, -0.05) is 19.3 Å². The van der Waals surface area contributed by atoms with Crippen LogP contribution in [-0.4, -0.2) is 40.5 Å². The topological polar surface area (TPSA) is 145 Å². The van der Waals surface area contributed by atoms with Crippen LogP contribution in [0.3, 0.4) is 0 Å². The number of rotatable bonds is 11. The van der Waals surface area contributed by atoms with E-state index < -0.39 is 29.3 Å². The van der Waals surface area contributed by atoms with Gasteiger partial charge < -0.3 is 14.6 Å². The second-order valence-electron chi connectivity index (χ2n) is 7.82. The normalized spacial score (nSPS) is 20.0. The molecule has 1 rings (SSSR count). The number of aliphatic carboxylic acids is 1. The van der Waals surface area contributed by atoms with Gasteiger partial charge in [0.2, 0.25) is 0 Å². The van der Waals surface area contributed by atoms with E-state index in [4.69, 9.17) is 14.6 Å². The van der Waals surface area contributed by atoms with Gasteiger partial charge >= 0.3 is 11.9 Å². The molecule has 1 fully saturated rings. The van der Waals surface area contributed by atoms with Crippen LogP contribution in [0.1, 0.15) is 78.6 Å². The van der Waals surface area contributed by atoms with E-state index in [-0.39, 0.29) is 31.8 Å². The van der Waals surface area contributed by atoms with Crippen LogP contribution in [0.25, 0.3) is 0 Å². The van der Waals surface area contributed by atoms with Crippen LogP contribution in [0.4, 0.5) is 0 Å². The van der Waals surface area contributed by atoms with Gasteiger partial charge in [0, 0.05) is 12.8 Å². The highest BCUT2D eigenvalue weighted by atomic mass is 16.7. The second-order valence-corrected chi connectivity index (χ2v) is 7.82. The van der Waals surface area contributed by atoms with Crippen LogP contribution in [0.5, 0.6) is 0 Å². The Hall–Kier alpha value is -2.52. The number of nitrogens with zero attached hydrogens (tertiary/aromatic N) is 4. The smallest absolute Gasteiger partial charge is 0.308 e. The first-order valence-corrected chi connectivity index (χ1v) is 9.95. The highest BCUT2D eigenvalue weighted by molar-refractivity contribution is 5.69. The van der Waals surface area contributed by atoms with Gasteiger partial charge in [0.25, 0.3) is 0 Å². The summed E-state index contributed by atoms with van der Waals surface area (Å²) in [7, 11) is 0. The molecule has 0 saturated heterocycles. The first-order valence-electron chi connectivity index (χ1n) is 9.95. The Kier molecular flexibility index (Phi) is 9.70. The maximum atomic E-state index is 12.1. The average Bonchev–Trinajstić information content (AvgIpc) is 2.70.